The molecule has 0 saturated heterocycles. The minimum Gasteiger partial charge on any atom is -0.486 e. The number of amides is 2. The van der Waals surface area contributed by atoms with Crippen LogP contribution in [0.5, 0.6) is 46.0 Å². The first kappa shape index (κ1) is 65.6. The topological polar surface area (TPSA) is 157 Å². The van der Waals surface area contributed by atoms with Gasteiger partial charge in [-0.3, -0.25) is 14.5 Å². The van der Waals surface area contributed by atoms with Gasteiger partial charge in [-0.25, -0.2) is 0 Å². The number of rotatable bonds is 5. The van der Waals surface area contributed by atoms with Crippen LogP contribution in [0.2, 0.25) is 0 Å². The Bertz CT molecular complexity index is 2000. The van der Waals surface area contributed by atoms with Gasteiger partial charge in [-0.1, -0.05) is 153 Å². The number of ether oxygens (including phenoxy) is 8. The average Bonchev–Trinajstić information content (AvgIpc) is 3.65. The molecule has 10 rings (SSSR count). The largest absolute Gasteiger partial charge is 0.486 e. The molecule has 2 amide bonds. The van der Waals surface area contributed by atoms with E-state index in [1.807, 2.05) is 152 Å². The molecule has 0 radical (unpaired) electrons. The minimum absolute atomic E-state index is 0. The Kier molecular flexibility index (Phi) is 34.3. The number of aliphatic hydroxyl groups excluding tert-OH is 1. The van der Waals surface area contributed by atoms with Crippen molar-refractivity contribution in [2.24, 2.45) is 5.73 Å². The molecule has 4 atom stereocenters. The third-order valence-electron chi connectivity index (χ3n) is 9.46. The third kappa shape index (κ3) is 18.5. The summed E-state index contributed by atoms with van der Waals surface area (Å²) < 4.78 is 44.3. The van der Waals surface area contributed by atoms with E-state index in [1.165, 1.54) is 4.90 Å². The van der Waals surface area contributed by atoms with Crippen molar-refractivity contribution in [1.82, 2.24) is 4.90 Å². The highest BCUT2D eigenvalue weighted by Crippen LogP contribution is 2.34. The molecule has 5 aromatic rings. The molecule has 0 bridgehead atoms. The first-order valence-corrected chi connectivity index (χ1v) is 23.2. The molecule has 13 nitrogen and oxygen atoms in total. The van der Waals surface area contributed by atoms with Crippen molar-refractivity contribution in [1.29, 1.82) is 0 Å². The molecule has 5 heterocycles. The number of hydrogen-bond acceptors (Lipinski definition) is 12. The predicted octanol–water partition coefficient (Wildman–Crippen LogP) is 12.6. The zero-order valence-electron chi connectivity index (χ0n) is 40.1. The van der Waals surface area contributed by atoms with Crippen molar-refractivity contribution in [3.63, 3.8) is 0 Å². The van der Waals surface area contributed by atoms with Gasteiger partial charge in [-0.05, 0) is 67.1 Å². The van der Waals surface area contributed by atoms with E-state index in [-0.39, 0.29) is 79.1 Å². The van der Waals surface area contributed by atoms with Crippen molar-refractivity contribution in [2.75, 3.05) is 46.1 Å². The standard InChI is InChI=1S/C17H13NO4.C10H12O2.C9H11NO2.C9H10O3.4C2H6.4CH4/c19-16-12-5-1-2-6-13(12)17(20)18(16)9-11-10-21-14-7-3-4-8-15(14)22-11;1-2-8-7-11-9-5-3-4-6-10(9)12-8;2*10-5-7-6-11-8-3-1-2-4-9(8)12-7;4*1-2;;;;/h1-8,11H,9-10H2;3-6,8H,2,7H2,1H3;1-4,7H,5-6,10H2;1-4,7,10H,5-6H2;4*1-2H3;4*1H4. The lowest BCUT2D eigenvalue weighted by molar-refractivity contribution is 0.0430. The van der Waals surface area contributed by atoms with E-state index >= 15 is 0 Å². The van der Waals surface area contributed by atoms with Gasteiger partial charge in [0.1, 0.15) is 38.6 Å². The molecule has 0 aromatic heterocycles. The monoisotopic (exact) mass is 975 g/mol. The molecule has 5 aliphatic heterocycles. The molecule has 3 N–H and O–H groups in total. The fourth-order valence-electron chi connectivity index (χ4n) is 6.36. The summed E-state index contributed by atoms with van der Waals surface area (Å²) in [6.45, 7) is 20.7. The van der Waals surface area contributed by atoms with Crippen molar-refractivity contribution < 1.29 is 52.6 Å². The summed E-state index contributed by atoms with van der Waals surface area (Å²) >= 11 is 0. The second-order valence-corrected chi connectivity index (χ2v) is 13.6. The molecule has 4 unspecified atom stereocenters. The van der Waals surface area contributed by atoms with Crippen LogP contribution in [0.15, 0.2) is 121 Å². The first-order chi connectivity index (χ1) is 32.4. The van der Waals surface area contributed by atoms with Crippen molar-refractivity contribution in [3.8, 4) is 46.0 Å². The first-order valence-electron chi connectivity index (χ1n) is 23.2. The number of hydrogen-bond donors (Lipinski definition) is 2. The van der Waals surface area contributed by atoms with Crippen LogP contribution in [-0.4, -0.2) is 92.4 Å². The van der Waals surface area contributed by atoms with Crippen LogP contribution >= 0.6 is 0 Å². The Morgan fingerprint density at radius 3 is 1.06 bits per heavy atom. The molecule has 0 spiro atoms. The summed E-state index contributed by atoms with van der Waals surface area (Å²) in [5.41, 5.74) is 6.35. The van der Waals surface area contributed by atoms with Crippen LogP contribution in [0.1, 0.15) is 119 Å². The summed E-state index contributed by atoms with van der Waals surface area (Å²) in [5, 5.41) is 8.81. The smallest absolute Gasteiger partial charge is 0.261 e. The summed E-state index contributed by atoms with van der Waals surface area (Å²) in [6.07, 6.45) is 0.630. The maximum atomic E-state index is 12.3. The summed E-state index contributed by atoms with van der Waals surface area (Å²) in [7, 11) is 0. The van der Waals surface area contributed by atoms with E-state index in [0.29, 0.717) is 61.3 Å². The van der Waals surface area contributed by atoms with Gasteiger partial charge in [-0.2, -0.15) is 0 Å². The molecular weight excluding hydrogens is 889 g/mol. The molecule has 390 valence electrons. The molecule has 70 heavy (non-hydrogen) atoms. The normalized spacial score (nSPS) is 17.0. The number of carbonyl (C=O) groups is 2. The van der Waals surface area contributed by atoms with E-state index < -0.39 is 0 Å². The molecule has 5 aliphatic rings. The van der Waals surface area contributed by atoms with E-state index in [0.717, 1.165) is 35.2 Å². The zero-order valence-corrected chi connectivity index (χ0v) is 40.1. The lowest BCUT2D eigenvalue weighted by Gasteiger charge is -2.28. The molecule has 0 saturated carbocycles. The summed E-state index contributed by atoms with van der Waals surface area (Å²) in [4.78, 5) is 25.9. The van der Waals surface area contributed by atoms with Crippen LogP contribution in [0.3, 0.4) is 0 Å². The highest BCUT2D eigenvalue weighted by Gasteiger charge is 2.38. The van der Waals surface area contributed by atoms with Crippen LogP contribution in [0, 0.1) is 0 Å². The fraction of sp³-hybridized carbons (Fsp3) is 0.439. The number of nitrogens with zero attached hydrogens (tertiary/aromatic N) is 1. The van der Waals surface area contributed by atoms with Gasteiger partial charge < -0.3 is 48.7 Å². The number of imide groups is 1. The van der Waals surface area contributed by atoms with Gasteiger partial charge in [0.2, 0.25) is 0 Å². The lowest BCUT2D eigenvalue weighted by atomic mass is 10.1. The van der Waals surface area contributed by atoms with E-state index in [2.05, 4.69) is 6.92 Å². The Morgan fingerprint density at radius 1 is 0.443 bits per heavy atom. The number of fused-ring (bicyclic) bond motifs is 5. The second-order valence-electron chi connectivity index (χ2n) is 13.6. The molecule has 13 heteroatoms. The quantitative estimate of drug-likeness (QED) is 0.161. The Balaban J connectivity index is 0. The Labute approximate surface area is 421 Å². The van der Waals surface area contributed by atoms with Crippen molar-refractivity contribution in [2.45, 2.75) is 123 Å². The zero-order chi connectivity index (χ0) is 48.3. The SMILES string of the molecule is C.C.C.C.CC.CC.CC.CC.CCC1COc2ccccc2O1.NCC1COc2ccccc2O1.O=C1c2ccccc2C(=O)N1CC1COc2ccccc2O1.OCC1COc2ccccc2O1. The maximum absolute atomic E-state index is 12.3. The average molecular weight is 975 g/mol. The molecular formula is C57H86N2O11. The van der Waals surface area contributed by atoms with E-state index in [9.17, 15) is 9.59 Å². The van der Waals surface area contributed by atoms with Crippen LogP contribution < -0.4 is 43.6 Å². The Morgan fingerprint density at radius 2 is 0.714 bits per heavy atom. The van der Waals surface area contributed by atoms with Gasteiger partial charge in [0.15, 0.2) is 58.2 Å². The molecule has 0 fully saturated rings. The third-order valence-corrected chi connectivity index (χ3v) is 9.46. The predicted molar refractivity (Wildman–Crippen MR) is 286 cm³/mol. The summed E-state index contributed by atoms with van der Waals surface area (Å²) in [5.74, 6) is 5.56. The van der Waals surface area contributed by atoms with Gasteiger partial charge in [0, 0.05) is 6.54 Å². The summed E-state index contributed by atoms with van der Waals surface area (Å²) in [6, 6.07) is 37.1. The number of para-hydroxylation sites is 8. The van der Waals surface area contributed by atoms with Crippen molar-refractivity contribution >= 4 is 11.8 Å². The highest BCUT2D eigenvalue weighted by molar-refractivity contribution is 6.21. The van der Waals surface area contributed by atoms with E-state index in [4.69, 9.17) is 48.7 Å². The highest BCUT2D eigenvalue weighted by atomic mass is 16.6. The van der Waals surface area contributed by atoms with Crippen LogP contribution in [-0.2, 0) is 0 Å². The number of aliphatic hydroxyl groups is 1. The van der Waals surface area contributed by atoms with Gasteiger partial charge in [-0.15, -0.1) is 0 Å². The van der Waals surface area contributed by atoms with Gasteiger partial charge in [0.05, 0.1) is 24.3 Å². The molecule has 0 aliphatic carbocycles. The fourth-order valence-corrected chi connectivity index (χ4v) is 6.36. The number of benzene rings is 5. The number of carbonyl (C=O) groups excluding carboxylic acids is 2. The molecule has 5 aromatic carbocycles. The van der Waals surface area contributed by atoms with Crippen LogP contribution in [0.4, 0.5) is 0 Å². The second kappa shape index (κ2) is 36.5. The Hall–Kier alpha value is -6.44. The lowest BCUT2D eigenvalue weighted by Crippen LogP contribution is -2.43. The van der Waals surface area contributed by atoms with Gasteiger partial charge in [0.25, 0.3) is 11.8 Å². The minimum atomic E-state index is -0.364. The van der Waals surface area contributed by atoms with E-state index in [1.54, 1.807) is 24.3 Å². The maximum Gasteiger partial charge on any atom is 0.261 e. The van der Waals surface area contributed by atoms with Gasteiger partial charge >= 0.3 is 0 Å². The number of nitrogens with two attached hydrogens (primary N) is 1. The van der Waals surface area contributed by atoms with Crippen LogP contribution in [0.25, 0.3) is 0 Å². The van der Waals surface area contributed by atoms with Crippen molar-refractivity contribution in [3.05, 3.63) is 132 Å².